The zero-order valence-corrected chi connectivity index (χ0v) is 10.5. The van der Waals surface area contributed by atoms with Crippen molar-refractivity contribution in [2.45, 2.75) is 38.2 Å². The molecule has 3 N–H and O–H groups in total. The Morgan fingerprint density at radius 2 is 2.17 bits per heavy atom. The lowest BCUT2D eigenvalue weighted by atomic mass is 10.0. The summed E-state index contributed by atoms with van der Waals surface area (Å²) in [6.45, 7) is 1.43. The predicted molar refractivity (Wildman–Crippen MR) is 66.3 cm³/mol. The van der Waals surface area contributed by atoms with Gasteiger partial charge >= 0.3 is 0 Å². The first-order valence-electron chi connectivity index (χ1n) is 6.57. The van der Waals surface area contributed by atoms with E-state index >= 15 is 0 Å². The lowest BCUT2D eigenvalue weighted by Crippen LogP contribution is -2.50. The lowest BCUT2D eigenvalue weighted by molar-refractivity contribution is -0.137. The first-order valence-corrected chi connectivity index (χ1v) is 6.57. The second kappa shape index (κ2) is 6.04. The molecule has 0 aromatic heterocycles. The van der Waals surface area contributed by atoms with E-state index in [4.69, 9.17) is 15.7 Å². The molecular formula is C12H21N3O3. The number of nitrogens with two attached hydrogens (primary N) is 1. The average molecular weight is 255 g/mol. The van der Waals surface area contributed by atoms with Crippen molar-refractivity contribution < 1.29 is 14.7 Å². The van der Waals surface area contributed by atoms with Gasteiger partial charge < -0.3 is 20.6 Å². The lowest BCUT2D eigenvalue weighted by Gasteiger charge is -2.32. The summed E-state index contributed by atoms with van der Waals surface area (Å²) in [5, 5.41) is 11.6. The van der Waals surface area contributed by atoms with Crippen molar-refractivity contribution in [3.8, 4) is 0 Å². The molecule has 0 spiro atoms. The number of amides is 1. The fourth-order valence-corrected chi connectivity index (χ4v) is 2.71. The van der Waals surface area contributed by atoms with Gasteiger partial charge in [0, 0.05) is 13.0 Å². The van der Waals surface area contributed by atoms with E-state index < -0.39 is 6.10 Å². The molecule has 1 saturated carbocycles. The number of carbonyl (C=O) groups is 1. The largest absolute Gasteiger partial charge is 0.409 e. The fourth-order valence-electron chi connectivity index (χ4n) is 2.71. The number of ether oxygens (including phenoxy) is 1. The maximum absolute atomic E-state index is 12.1. The Morgan fingerprint density at radius 3 is 2.83 bits per heavy atom. The molecule has 0 radical (unpaired) electrons. The van der Waals surface area contributed by atoms with Crippen LogP contribution in [0.25, 0.3) is 0 Å². The fraction of sp³-hybridized carbons (Fsp3) is 0.833. The molecule has 6 nitrogen and oxygen atoms in total. The third kappa shape index (κ3) is 3.13. The van der Waals surface area contributed by atoms with Crippen LogP contribution in [-0.4, -0.2) is 47.7 Å². The van der Waals surface area contributed by atoms with Crippen molar-refractivity contribution in [2.75, 3.05) is 19.7 Å². The molecule has 1 aliphatic heterocycles. The summed E-state index contributed by atoms with van der Waals surface area (Å²) in [4.78, 5) is 13.9. The van der Waals surface area contributed by atoms with Crippen LogP contribution in [0.4, 0.5) is 0 Å². The van der Waals surface area contributed by atoms with E-state index in [9.17, 15) is 4.79 Å². The van der Waals surface area contributed by atoms with Crippen LogP contribution in [0.1, 0.15) is 32.1 Å². The van der Waals surface area contributed by atoms with Crippen LogP contribution in [0.3, 0.4) is 0 Å². The highest BCUT2D eigenvalue weighted by Gasteiger charge is 2.28. The Bertz CT molecular complexity index is 327. The van der Waals surface area contributed by atoms with Crippen LogP contribution in [0.5, 0.6) is 0 Å². The second-order valence-electron chi connectivity index (χ2n) is 5.08. The molecule has 1 heterocycles. The average Bonchev–Trinajstić information content (AvgIpc) is 2.90. The quantitative estimate of drug-likeness (QED) is 0.333. The minimum absolute atomic E-state index is 0.0355. The molecule has 18 heavy (non-hydrogen) atoms. The van der Waals surface area contributed by atoms with Crippen LogP contribution in [-0.2, 0) is 9.53 Å². The van der Waals surface area contributed by atoms with E-state index in [0.717, 1.165) is 0 Å². The second-order valence-corrected chi connectivity index (χ2v) is 5.08. The van der Waals surface area contributed by atoms with Crippen molar-refractivity contribution >= 4 is 11.7 Å². The van der Waals surface area contributed by atoms with Gasteiger partial charge in [-0.3, -0.25) is 4.79 Å². The summed E-state index contributed by atoms with van der Waals surface area (Å²) in [7, 11) is 0. The van der Waals surface area contributed by atoms with Gasteiger partial charge in [0.15, 0.2) is 5.84 Å². The molecule has 1 saturated heterocycles. The maximum Gasteiger partial charge on any atom is 0.223 e. The van der Waals surface area contributed by atoms with Gasteiger partial charge in [0.1, 0.15) is 6.10 Å². The van der Waals surface area contributed by atoms with Crippen molar-refractivity contribution in [3.05, 3.63) is 0 Å². The monoisotopic (exact) mass is 255 g/mol. The number of nitrogens with zero attached hydrogens (tertiary/aromatic N) is 2. The zero-order valence-electron chi connectivity index (χ0n) is 10.5. The minimum atomic E-state index is -0.476. The van der Waals surface area contributed by atoms with Gasteiger partial charge in [0.05, 0.1) is 13.2 Å². The molecule has 1 unspecified atom stereocenters. The smallest absolute Gasteiger partial charge is 0.223 e. The van der Waals surface area contributed by atoms with Gasteiger partial charge in [-0.05, 0) is 18.8 Å². The number of amidine groups is 1. The first kappa shape index (κ1) is 13.1. The van der Waals surface area contributed by atoms with Gasteiger partial charge in [-0.15, -0.1) is 0 Å². The standard InChI is InChI=1S/C12H21N3O3/c13-12(14-17)10-8-15(5-6-18-10)11(16)7-9-3-1-2-4-9/h9-10,17H,1-8H2,(H2,13,14). The SMILES string of the molecule is NC(=NO)C1CN(C(=O)CC2CCCC2)CCO1. The maximum atomic E-state index is 12.1. The molecule has 0 aromatic rings. The number of hydrogen-bond acceptors (Lipinski definition) is 4. The van der Waals surface area contributed by atoms with Crippen molar-refractivity contribution in [3.63, 3.8) is 0 Å². The molecule has 0 bridgehead atoms. The Hall–Kier alpha value is -1.30. The van der Waals surface area contributed by atoms with E-state index in [-0.39, 0.29) is 11.7 Å². The molecule has 2 fully saturated rings. The molecule has 2 rings (SSSR count). The van der Waals surface area contributed by atoms with E-state index in [1.54, 1.807) is 4.90 Å². The summed E-state index contributed by atoms with van der Waals surface area (Å²) in [6, 6.07) is 0. The number of rotatable bonds is 3. The minimum Gasteiger partial charge on any atom is -0.409 e. The van der Waals surface area contributed by atoms with Gasteiger partial charge in [0.25, 0.3) is 0 Å². The molecule has 2 aliphatic rings. The molecule has 1 atom stereocenters. The summed E-state index contributed by atoms with van der Waals surface area (Å²) < 4.78 is 5.37. The highest BCUT2D eigenvalue weighted by atomic mass is 16.5. The summed E-state index contributed by atoms with van der Waals surface area (Å²) >= 11 is 0. The van der Waals surface area contributed by atoms with Crippen molar-refractivity contribution in [1.29, 1.82) is 0 Å². The Balaban J connectivity index is 1.85. The van der Waals surface area contributed by atoms with Gasteiger partial charge in [-0.2, -0.15) is 0 Å². The number of oxime groups is 1. The van der Waals surface area contributed by atoms with Crippen molar-refractivity contribution in [2.24, 2.45) is 16.8 Å². The molecule has 1 aliphatic carbocycles. The number of morpholine rings is 1. The highest BCUT2D eigenvalue weighted by Crippen LogP contribution is 2.28. The number of carbonyl (C=O) groups excluding carboxylic acids is 1. The third-order valence-electron chi connectivity index (χ3n) is 3.80. The zero-order chi connectivity index (χ0) is 13.0. The first-order chi connectivity index (χ1) is 8.70. The molecule has 0 aromatic carbocycles. The van der Waals surface area contributed by atoms with Crippen LogP contribution in [0, 0.1) is 5.92 Å². The van der Waals surface area contributed by atoms with Crippen LogP contribution in [0.2, 0.25) is 0 Å². The van der Waals surface area contributed by atoms with E-state index in [0.29, 0.717) is 32.0 Å². The summed E-state index contributed by atoms with van der Waals surface area (Å²) in [5.41, 5.74) is 5.51. The van der Waals surface area contributed by atoms with E-state index in [1.807, 2.05) is 0 Å². The van der Waals surface area contributed by atoms with E-state index in [2.05, 4.69) is 5.16 Å². The molecular weight excluding hydrogens is 234 g/mol. The molecule has 6 heteroatoms. The van der Waals surface area contributed by atoms with Gasteiger partial charge in [-0.1, -0.05) is 18.0 Å². The van der Waals surface area contributed by atoms with Crippen LogP contribution < -0.4 is 5.73 Å². The Kier molecular flexibility index (Phi) is 4.41. The van der Waals surface area contributed by atoms with Crippen LogP contribution in [0.15, 0.2) is 5.16 Å². The van der Waals surface area contributed by atoms with Crippen LogP contribution >= 0.6 is 0 Å². The normalized spacial score (nSPS) is 26.6. The van der Waals surface area contributed by atoms with E-state index in [1.165, 1.54) is 25.7 Å². The van der Waals surface area contributed by atoms with Gasteiger partial charge in [0.2, 0.25) is 5.91 Å². The predicted octanol–water partition coefficient (Wildman–Crippen LogP) is 0.540. The third-order valence-corrected chi connectivity index (χ3v) is 3.80. The topological polar surface area (TPSA) is 88.2 Å². The number of hydrogen-bond donors (Lipinski definition) is 2. The van der Waals surface area contributed by atoms with Crippen molar-refractivity contribution in [1.82, 2.24) is 4.90 Å². The Labute approximate surface area is 107 Å². The molecule has 1 amide bonds. The summed E-state index contributed by atoms with van der Waals surface area (Å²) in [6.07, 6.45) is 4.97. The van der Waals surface area contributed by atoms with Gasteiger partial charge in [-0.25, -0.2) is 0 Å². The molecule has 102 valence electrons. The highest BCUT2D eigenvalue weighted by molar-refractivity contribution is 5.85. The summed E-state index contributed by atoms with van der Waals surface area (Å²) in [5.74, 6) is 0.747. The Morgan fingerprint density at radius 1 is 1.44 bits per heavy atom.